The number of rotatable bonds is 3. The molecule has 0 aliphatic carbocycles. The molecule has 4 nitrogen and oxygen atoms in total. The van der Waals surface area contributed by atoms with Crippen molar-refractivity contribution < 1.29 is 9.94 Å². The van der Waals surface area contributed by atoms with Crippen molar-refractivity contribution >= 4 is 49.3 Å². The summed E-state index contributed by atoms with van der Waals surface area (Å²) in [6.45, 7) is 0. The van der Waals surface area contributed by atoms with Gasteiger partial charge < -0.3 is 15.7 Å². The molecular weight excluding hydrogens is 411 g/mol. The molecule has 104 valence electrons. The molecule has 3 N–H and O–H groups in total. The molecule has 0 unspecified atom stereocenters. The normalized spacial score (nSPS) is 11.4. The summed E-state index contributed by atoms with van der Waals surface area (Å²) in [4.78, 5) is 0. The monoisotopic (exact) mass is 418 g/mol. The van der Waals surface area contributed by atoms with Crippen LogP contribution >= 0.6 is 43.5 Å². The Kier molecular flexibility index (Phi) is 4.91. The highest BCUT2D eigenvalue weighted by Gasteiger charge is 2.12. The Labute approximate surface area is 137 Å². The second kappa shape index (κ2) is 6.47. The number of nitrogens with two attached hydrogens (primary N) is 1. The number of hydrogen-bond donors (Lipinski definition) is 2. The van der Waals surface area contributed by atoms with Gasteiger partial charge in [0.1, 0.15) is 11.5 Å². The number of hydrogen-bond acceptors (Lipinski definition) is 3. The average molecular weight is 420 g/mol. The van der Waals surface area contributed by atoms with Crippen LogP contribution in [0.15, 0.2) is 50.5 Å². The molecule has 0 atom stereocenters. The van der Waals surface area contributed by atoms with Crippen molar-refractivity contribution in [2.75, 3.05) is 0 Å². The van der Waals surface area contributed by atoms with Crippen LogP contribution in [-0.2, 0) is 0 Å². The fourth-order valence-electron chi connectivity index (χ4n) is 1.52. The van der Waals surface area contributed by atoms with Crippen LogP contribution < -0.4 is 10.5 Å². The lowest BCUT2D eigenvalue weighted by atomic mass is 10.2. The fraction of sp³-hybridized carbons (Fsp3) is 0. The van der Waals surface area contributed by atoms with Gasteiger partial charge in [0.25, 0.3) is 0 Å². The van der Waals surface area contributed by atoms with Crippen molar-refractivity contribution in [3.05, 3.63) is 55.9 Å². The molecule has 0 aliphatic heterocycles. The summed E-state index contributed by atoms with van der Waals surface area (Å²) in [5.41, 5.74) is 6.12. The van der Waals surface area contributed by atoms with E-state index in [1.807, 2.05) is 0 Å². The third kappa shape index (κ3) is 3.45. The van der Waals surface area contributed by atoms with Crippen molar-refractivity contribution in [3.63, 3.8) is 0 Å². The van der Waals surface area contributed by atoms with Crippen LogP contribution in [0.5, 0.6) is 11.5 Å². The lowest BCUT2D eigenvalue weighted by molar-refractivity contribution is 0.318. The number of nitrogens with zero attached hydrogens (tertiary/aromatic N) is 1. The predicted molar refractivity (Wildman–Crippen MR) is 85.9 cm³/mol. The van der Waals surface area contributed by atoms with Crippen LogP contribution in [0.2, 0.25) is 5.02 Å². The zero-order chi connectivity index (χ0) is 14.7. The van der Waals surface area contributed by atoms with Gasteiger partial charge in [-0.05, 0) is 52.3 Å². The minimum Gasteiger partial charge on any atom is -0.455 e. The van der Waals surface area contributed by atoms with Gasteiger partial charge in [0, 0.05) is 9.50 Å². The Morgan fingerprint density at radius 1 is 1.15 bits per heavy atom. The van der Waals surface area contributed by atoms with E-state index in [9.17, 15) is 0 Å². The standard InChI is InChI=1S/C13H9Br2ClN2O2/c14-7-1-3-9(13(17)18-19)12(5-7)20-11-4-2-8(16)6-10(11)15/h1-6,19H,(H2,17,18). The average Bonchev–Trinajstić information content (AvgIpc) is 2.41. The van der Waals surface area contributed by atoms with E-state index in [4.69, 9.17) is 27.3 Å². The summed E-state index contributed by atoms with van der Waals surface area (Å²) >= 11 is 12.6. The first-order valence-electron chi connectivity index (χ1n) is 5.41. The zero-order valence-corrected chi connectivity index (χ0v) is 13.9. The van der Waals surface area contributed by atoms with E-state index in [0.717, 1.165) is 4.47 Å². The van der Waals surface area contributed by atoms with Gasteiger partial charge in [-0.2, -0.15) is 0 Å². The maximum absolute atomic E-state index is 8.81. The molecule has 0 saturated carbocycles. The van der Waals surface area contributed by atoms with E-state index in [0.29, 0.717) is 26.6 Å². The Morgan fingerprint density at radius 3 is 2.55 bits per heavy atom. The molecule has 2 aromatic carbocycles. The zero-order valence-electron chi connectivity index (χ0n) is 9.98. The highest BCUT2D eigenvalue weighted by atomic mass is 79.9. The van der Waals surface area contributed by atoms with Crippen molar-refractivity contribution in [2.24, 2.45) is 10.9 Å². The Balaban J connectivity index is 2.44. The van der Waals surface area contributed by atoms with Gasteiger partial charge in [-0.15, -0.1) is 0 Å². The van der Waals surface area contributed by atoms with Crippen LogP contribution in [-0.4, -0.2) is 11.0 Å². The topological polar surface area (TPSA) is 67.8 Å². The highest BCUT2D eigenvalue weighted by Crippen LogP contribution is 2.34. The van der Waals surface area contributed by atoms with Crippen LogP contribution in [0.1, 0.15) is 5.56 Å². The summed E-state index contributed by atoms with van der Waals surface area (Å²) in [6.07, 6.45) is 0. The Morgan fingerprint density at radius 2 is 1.90 bits per heavy atom. The molecule has 2 rings (SSSR count). The third-order valence-corrected chi connectivity index (χ3v) is 3.79. The van der Waals surface area contributed by atoms with Gasteiger partial charge in [0.05, 0.1) is 10.0 Å². The molecule has 0 spiro atoms. The molecular formula is C13H9Br2ClN2O2. The summed E-state index contributed by atoms with van der Waals surface area (Å²) in [6, 6.07) is 10.4. The molecule has 0 aliphatic rings. The summed E-state index contributed by atoms with van der Waals surface area (Å²) in [5.74, 6) is 0.995. The molecule has 20 heavy (non-hydrogen) atoms. The summed E-state index contributed by atoms with van der Waals surface area (Å²) < 4.78 is 7.31. The lowest BCUT2D eigenvalue weighted by Crippen LogP contribution is -2.14. The molecule has 0 bridgehead atoms. The quantitative estimate of drug-likeness (QED) is 0.326. The van der Waals surface area contributed by atoms with Gasteiger partial charge in [-0.1, -0.05) is 32.7 Å². The van der Waals surface area contributed by atoms with Crippen molar-refractivity contribution in [1.82, 2.24) is 0 Å². The largest absolute Gasteiger partial charge is 0.455 e. The first-order chi connectivity index (χ1) is 9.51. The second-order valence-corrected chi connectivity index (χ2v) is 6.01. The molecule has 7 heteroatoms. The van der Waals surface area contributed by atoms with Crippen LogP contribution in [0.25, 0.3) is 0 Å². The Bertz CT molecular complexity index is 677. The third-order valence-electron chi connectivity index (χ3n) is 2.44. The minimum atomic E-state index is -0.0300. The Hall–Kier alpha value is -1.24. The number of oxime groups is 1. The van der Waals surface area contributed by atoms with Crippen LogP contribution in [0.4, 0.5) is 0 Å². The van der Waals surface area contributed by atoms with Crippen molar-refractivity contribution in [3.8, 4) is 11.5 Å². The van der Waals surface area contributed by atoms with Gasteiger partial charge in [-0.25, -0.2) is 0 Å². The fourth-order valence-corrected chi connectivity index (χ4v) is 2.63. The number of halogens is 3. The maximum Gasteiger partial charge on any atom is 0.173 e. The predicted octanol–water partition coefficient (Wildman–Crippen LogP) is 4.75. The molecule has 0 saturated heterocycles. The minimum absolute atomic E-state index is 0.0300. The molecule has 0 amide bonds. The molecule has 0 radical (unpaired) electrons. The second-order valence-electron chi connectivity index (χ2n) is 3.80. The molecule has 2 aromatic rings. The molecule has 0 fully saturated rings. The van der Waals surface area contributed by atoms with E-state index in [1.165, 1.54) is 0 Å². The van der Waals surface area contributed by atoms with Crippen LogP contribution in [0.3, 0.4) is 0 Å². The SMILES string of the molecule is N/C(=N/O)c1ccc(Br)cc1Oc1ccc(Cl)cc1Br. The maximum atomic E-state index is 8.81. The smallest absolute Gasteiger partial charge is 0.173 e. The number of amidine groups is 1. The first kappa shape index (κ1) is 15.2. The van der Waals surface area contributed by atoms with Crippen LogP contribution in [0, 0.1) is 0 Å². The lowest BCUT2D eigenvalue weighted by Gasteiger charge is -2.12. The molecule has 0 aromatic heterocycles. The number of benzene rings is 2. The van der Waals surface area contributed by atoms with Gasteiger partial charge >= 0.3 is 0 Å². The van der Waals surface area contributed by atoms with E-state index in [2.05, 4.69) is 37.0 Å². The van der Waals surface area contributed by atoms with E-state index in [-0.39, 0.29) is 5.84 Å². The molecule has 0 heterocycles. The van der Waals surface area contributed by atoms with Gasteiger partial charge in [-0.3, -0.25) is 0 Å². The van der Waals surface area contributed by atoms with E-state index >= 15 is 0 Å². The summed E-state index contributed by atoms with van der Waals surface area (Å²) in [7, 11) is 0. The van der Waals surface area contributed by atoms with Crippen molar-refractivity contribution in [1.29, 1.82) is 0 Å². The van der Waals surface area contributed by atoms with Crippen molar-refractivity contribution in [2.45, 2.75) is 0 Å². The van der Waals surface area contributed by atoms with Gasteiger partial charge in [0.15, 0.2) is 5.84 Å². The summed E-state index contributed by atoms with van der Waals surface area (Å²) in [5, 5.41) is 12.4. The number of ether oxygens (including phenoxy) is 1. The highest BCUT2D eigenvalue weighted by molar-refractivity contribution is 9.10. The first-order valence-corrected chi connectivity index (χ1v) is 7.38. The van der Waals surface area contributed by atoms with Gasteiger partial charge in [0.2, 0.25) is 0 Å². The van der Waals surface area contributed by atoms with E-state index < -0.39 is 0 Å². The van der Waals surface area contributed by atoms with E-state index in [1.54, 1.807) is 36.4 Å².